The lowest BCUT2D eigenvalue weighted by Gasteiger charge is -2.13. The summed E-state index contributed by atoms with van der Waals surface area (Å²) in [6.45, 7) is 0.432. The molecule has 4 unspecified atom stereocenters. The molecule has 4 atom stereocenters. The van der Waals surface area contributed by atoms with Crippen LogP contribution in [0, 0.1) is 5.92 Å². The molecule has 1 fully saturated rings. The van der Waals surface area contributed by atoms with Gasteiger partial charge in [-0.3, -0.25) is 0 Å². The molecule has 0 saturated carbocycles. The maximum atomic E-state index is 10.6. The minimum atomic E-state index is -2.11. The SMILES string of the molecule is [B]C1CC(C[P+](=O)O)C(COC)O1. The third kappa shape index (κ3) is 3.35. The standard InChI is InChI=1S/C7H12BO4P/c1-11-3-6-5(4-13(9)10)2-7(8)12-6/h5-7H,2-4H2,1H3/p+1. The van der Waals surface area contributed by atoms with E-state index in [0.717, 1.165) is 0 Å². The predicted molar refractivity (Wildman–Crippen MR) is 49.1 cm³/mol. The fraction of sp³-hybridized carbons (Fsp3) is 1.00. The van der Waals surface area contributed by atoms with Crippen LogP contribution in [0.2, 0.25) is 0 Å². The van der Waals surface area contributed by atoms with Gasteiger partial charge in [0.25, 0.3) is 0 Å². The molecule has 0 aliphatic carbocycles. The summed E-state index contributed by atoms with van der Waals surface area (Å²) in [6, 6.07) is -0.319. The van der Waals surface area contributed by atoms with E-state index in [2.05, 4.69) is 0 Å². The third-order valence-corrected chi connectivity index (χ3v) is 2.91. The van der Waals surface area contributed by atoms with Crippen LogP contribution in [-0.2, 0) is 14.0 Å². The second-order valence-electron chi connectivity index (χ2n) is 3.20. The summed E-state index contributed by atoms with van der Waals surface area (Å²) in [7, 11) is 5.03. The summed E-state index contributed by atoms with van der Waals surface area (Å²) in [5.74, 6) is 0.0450. The van der Waals surface area contributed by atoms with Crippen molar-refractivity contribution in [3.63, 3.8) is 0 Å². The highest BCUT2D eigenvalue weighted by atomic mass is 31.1. The lowest BCUT2D eigenvalue weighted by molar-refractivity contribution is 0.0123. The quantitative estimate of drug-likeness (QED) is 0.526. The molecular weight excluding hydrogens is 190 g/mol. The number of methoxy groups -OCH3 is 1. The van der Waals surface area contributed by atoms with E-state index in [1.54, 1.807) is 7.11 Å². The normalized spacial score (nSPS) is 34.9. The van der Waals surface area contributed by atoms with E-state index in [1.807, 2.05) is 0 Å². The van der Waals surface area contributed by atoms with E-state index in [9.17, 15) is 4.57 Å². The van der Waals surface area contributed by atoms with Gasteiger partial charge in [0.2, 0.25) is 0 Å². The number of ether oxygens (including phenoxy) is 2. The Hall–Kier alpha value is 0.0449. The second kappa shape index (κ2) is 5.06. The van der Waals surface area contributed by atoms with Crippen molar-refractivity contribution in [3.05, 3.63) is 0 Å². The Bertz CT molecular complexity index is 189. The molecule has 0 bridgehead atoms. The van der Waals surface area contributed by atoms with E-state index < -0.39 is 8.03 Å². The summed E-state index contributed by atoms with van der Waals surface area (Å²) >= 11 is 0. The van der Waals surface area contributed by atoms with Crippen LogP contribution in [0.3, 0.4) is 0 Å². The second-order valence-corrected chi connectivity index (χ2v) is 4.27. The Morgan fingerprint density at radius 1 is 1.77 bits per heavy atom. The van der Waals surface area contributed by atoms with Gasteiger partial charge in [-0.05, 0) is 11.0 Å². The Morgan fingerprint density at radius 2 is 2.46 bits per heavy atom. The van der Waals surface area contributed by atoms with E-state index >= 15 is 0 Å². The summed E-state index contributed by atoms with van der Waals surface area (Å²) in [5.41, 5.74) is 0. The molecule has 1 aliphatic rings. The van der Waals surface area contributed by atoms with Crippen LogP contribution in [0.1, 0.15) is 6.42 Å². The molecule has 0 aromatic rings. The van der Waals surface area contributed by atoms with Gasteiger partial charge >= 0.3 is 8.03 Å². The molecule has 1 aliphatic heterocycles. The maximum Gasteiger partial charge on any atom is 0.505 e. The number of rotatable bonds is 4. The first kappa shape index (κ1) is 11.1. The van der Waals surface area contributed by atoms with Crippen molar-refractivity contribution in [2.45, 2.75) is 18.5 Å². The molecule has 1 rings (SSSR count). The zero-order valence-corrected chi connectivity index (χ0v) is 8.44. The highest BCUT2D eigenvalue weighted by Gasteiger charge is 2.37. The monoisotopic (exact) mass is 203 g/mol. The summed E-state index contributed by atoms with van der Waals surface area (Å²) in [5, 5.41) is 0. The number of hydrogen-bond acceptors (Lipinski definition) is 3. The fourth-order valence-electron chi connectivity index (χ4n) is 1.57. The highest BCUT2D eigenvalue weighted by molar-refractivity contribution is 7.38. The van der Waals surface area contributed by atoms with Gasteiger partial charge in [-0.1, -0.05) is 0 Å². The molecule has 1 heterocycles. The van der Waals surface area contributed by atoms with Gasteiger partial charge in [-0.25, -0.2) is 0 Å². The molecule has 1 saturated heterocycles. The van der Waals surface area contributed by atoms with Crippen molar-refractivity contribution < 1.29 is 18.9 Å². The molecule has 0 aromatic carbocycles. The van der Waals surface area contributed by atoms with Gasteiger partial charge in [0.05, 0.1) is 12.7 Å². The van der Waals surface area contributed by atoms with Gasteiger partial charge < -0.3 is 9.47 Å². The molecule has 0 aromatic heterocycles. The summed E-state index contributed by atoms with van der Waals surface area (Å²) in [6.07, 6.45) is 0.748. The van der Waals surface area contributed by atoms with Crippen LogP contribution in [-0.4, -0.2) is 44.7 Å². The van der Waals surface area contributed by atoms with Gasteiger partial charge in [0, 0.05) is 19.0 Å². The zero-order chi connectivity index (χ0) is 9.84. The van der Waals surface area contributed by atoms with Crippen molar-refractivity contribution in [1.82, 2.24) is 0 Å². The molecule has 4 nitrogen and oxygen atoms in total. The molecule has 1 N–H and O–H groups in total. The first-order valence-electron chi connectivity index (χ1n) is 4.17. The minimum Gasteiger partial charge on any atom is -0.382 e. The first-order valence-corrected chi connectivity index (χ1v) is 5.56. The molecule has 0 amide bonds. The van der Waals surface area contributed by atoms with Gasteiger partial charge in [-0.2, -0.15) is 4.89 Å². The molecule has 2 radical (unpaired) electrons. The molecule has 0 spiro atoms. The minimum absolute atomic E-state index is 0.0450. The van der Waals surface area contributed by atoms with Crippen LogP contribution in [0.5, 0.6) is 0 Å². The smallest absolute Gasteiger partial charge is 0.382 e. The van der Waals surface area contributed by atoms with Crippen molar-refractivity contribution in [2.24, 2.45) is 5.92 Å². The third-order valence-electron chi connectivity index (χ3n) is 2.13. The van der Waals surface area contributed by atoms with E-state index in [-0.39, 0.29) is 24.2 Å². The molecule has 6 heteroatoms. The van der Waals surface area contributed by atoms with Crippen LogP contribution in [0.15, 0.2) is 0 Å². The van der Waals surface area contributed by atoms with Gasteiger partial charge in [0.15, 0.2) is 6.16 Å². The molecular formula is C7H13BO4P+. The van der Waals surface area contributed by atoms with Crippen LogP contribution in [0.4, 0.5) is 0 Å². The zero-order valence-electron chi connectivity index (χ0n) is 7.55. The molecule has 72 valence electrons. The Kier molecular flexibility index (Phi) is 4.33. The van der Waals surface area contributed by atoms with E-state index in [0.29, 0.717) is 13.0 Å². The van der Waals surface area contributed by atoms with Gasteiger partial charge in [-0.15, -0.1) is 0 Å². The summed E-state index contributed by atoms with van der Waals surface area (Å²) < 4.78 is 20.9. The van der Waals surface area contributed by atoms with Crippen LogP contribution in [0.25, 0.3) is 0 Å². The van der Waals surface area contributed by atoms with E-state index in [4.69, 9.17) is 22.2 Å². The van der Waals surface area contributed by atoms with Gasteiger partial charge in [0.1, 0.15) is 7.85 Å². The average Bonchev–Trinajstić information content (AvgIpc) is 2.31. The van der Waals surface area contributed by atoms with Crippen molar-refractivity contribution in [1.29, 1.82) is 0 Å². The lowest BCUT2D eigenvalue weighted by Crippen LogP contribution is -2.23. The Balaban J connectivity index is 2.45. The van der Waals surface area contributed by atoms with Crippen molar-refractivity contribution >= 4 is 15.9 Å². The molecule has 13 heavy (non-hydrogen) atoms. The summed E-state index contributed by atoms with van der Waals surface area (Å²) in [4.78, 5) is 8.76. The Labute approximate surface area is 79.9 Å². The number of hydrogen-bond donors (Lipinski definition) is 1. The highest BCUT2D eigenvalue weighted by Crippen LogP contribution is 2.31. The fourth-order valence-corrected chi connectivity index (χ4v) is 2.36. The average molecular weight is 203 g/mol. The van der Waals surface area contributed by atoms with Crippen LogP contribution >= 0.6 is 8.03 Å². The van der Waals surface area contributed by atoms with E-state index in [1.165, 1.54) is 0 Å². The largest absolute Gasteiger partial charge is 0.505 e. The lowest BCUT2D eigenvalue weighted by atomic mass is 9.92. The van der Waals surface area contributed by atoms with Crippen LogP contribution < -0.4 is 0 Å². The topological polar surface area (TPSA) is 55.8 Å². The maximum absolute atomic E-state index is 10.6. The van der Waals surface area contributed by atoms with Crippen molar-refractivity contribution in [3.8, 4) is 0 Å². The first-order chi connectivity index (χ1) is 6.13. The van der Waals surface area contributed by atoms with Crippen molar-refractivity contribution in [2.75, 3.05) is 19.9 Å². The Morgan fingerprint density at radius 3 is 3.00 bits per heavy atom. The predicted octanol–water partition coefficient (Wildman–Crippen LogP) is 0.267.